The third-order valence-electron chi connectivity index (χ3n) is 3.26. The molecule has 0 spiro atoms. The van der Waals surface area contributed by atoms with Gasteiger partial charge in [-0.2, -0.15) is 0 Å². The molecule has 1 aliphatic heterocycles. The summed E-state index contributed by atoms with van der Waals surface area (Å²) in [6.45, 7) is 3.91. The topological polar surface area (TPSA) is 32.3 Å². The van der Waals surface area contributed by atoms with Crippen molar-refractivity contribution in [3.63, 3.8) is 0 Å². The first kappa shape index (κ1) is 14.0. The molecule has 1 saturated heterocycles. The van der Waals surface area contributed by atoms with Crippen molar-refractivity contribution >= 4 is 18.3 Å². The van der Waals surface area contributed by atoms with Gasteiger partial charge in [0.2, 0.25) is 0 Å². The van der Waals surface area contributed by atoms with E-state index in [1.807, 2.05) is 36.2 Å². The van der Waals surface area contributed by atoms with Crippen molar-refractivity contribution < 1.29 is 4.79 Å². The van der Waals surface area contributed by atoms with E-state index in [2.05, 4.69) is 12.2 Å². The molecule has 4 heteroatoms. The van der Waals surface area contributed by atoms with E-state index in [1.54, 1.807) is 0 Å². The Kier molecular flexibility index (Phi) is 4.97. The smallest absolute Gasteiger partial charge is 0.254 e. The summed E-state index contributed by atoms with van der Waals surface area (Å²) in [5.74, 6) is 0.143. The van der Waals surface area contributed by atoms with E-state index in [9.17, 15) is 4.79 Å². The highest BCUT2D eigenvalue weighted by molar-refractivity contribution is 5.95. The molecular weight excluding hydrogens is 236 g/mol. The summed E-state index contributed by atoms with van der Waals surface area (Å²) in [5, 5.41) is 3.18. The van der Waals surface area contributed by atoms with Crippen molar-refractivity contribution in [1.82, 2.24) is 10.2 Å². The minimum Gasteiger partial charge on any atom is -0.336 e. The lowest BCUT2D eigenvalue weighted by molar-refractivity contribution is 0.0680. The Morgan fingerprint density at radius 2 is 2.06 bits per heavy atom. The fourth-order valence-corrected chi connectivity index (χ4v) is 1.94. The third kappa shape index (κ3) is 2.79. The number of amides is 1. The number of carbonyl (C=O) groups excluding carboxylic acids is 1. The fraction of sp³-hybridized carbons (Fsp3) is 0.462. The van der Waals surface area contributed by atoms with E-state index in [0.29, 0.717) is 6.04 Å². The summed E-state index contributed by atoms with van der Waals surface area (Å²) in [6, 6.07) is 8.22. The monoisotopic (exact) mass is 254 g/mol. The molecule has 0 radical (unpaired) electrons. The van der Waals surface area contributed by atoms with Gasteiger partial charge in [0.1, 0.15) is 0 Å². The molecule has 0 atom stereocenters. The minimum absolute atomic E-state index is 0. The van der Waals surface area contributed by atoms with Crippen molar-refractivity contribution in [2.45, 2.75) is 19.4 Å². The number of nitrogens with one attached hydrogen (secondary N) is 1. The van der Waals surface area contributed by atoms with Gasteiger partial charge >= 0.3 is 0 Å². The molecule has 1 aliphatic rings. The first-order chi connectivity index (χ1) is 7.74. The normalized spacial score (nSPS) is 14.7. The summed E-state index contributed by atoms with van der Waals surface area (Å²) < 4.78 is 0. The summed E-state index contributed by atoms with van der Waals surface area (Å²) in [4.78, 5) is 14.1. The van der Waals surface area contributed by atoms with E-state index >= 15 is 0 Å². The van der Waals surface area contributed by atoms with Gasteiger partial charge in [-0.15, -0.1) is 12.4 Å². The second-order valence-corrected chi connectivity index (χ2v) is 4.24. The zero-order valence-corrected chi connectivity index (χ0v) is 11.1. The molecule has 1 N–H and O–H groups in total. The molecule has 0 aliphatic carbocycles. The number of likely N-dealkylation sites (N-methyl/N-ethyl adjacent to an activating group) is 1. The van der Waals surface area contributed by atoms with Crippen molar-refractivity contribution in [2.24, 2.45) is 0 Å². The highest BCUT2D eigenvalue weighted by atomic mass is 35.5. The SMILES string of the molecule is CCc1ccccc1C(=O)N(C)C1CNC1.Cl. The Labute approximate surface area is 109 Å². The van der Waals surface area contributed by atoms with Crippen molar-refractivity contribution in [2.75, 3.05) is 20.1 Å². The number of aryl methyl sites for hydroxylation is 1. The maximum atomic E-state index is 12.3. The Hall–Kier alpha value is -1.06. The summed E-state index contributed by atoms with van der Waals surface area (Å²) >= 11 is 0. The molecule has 0 saturated carbocycles. The largest absolute Gasteiger partial charge is 0.336 e. The van der Waals surface area contributed by atoms with Crippen LogP contribution in [-0.2, 0) is 6.42 Å². The maximum absolute atomic E-state index is 12.3. The summed E-state index contributed by atoms with van der Waals surface area (Å²) in [6.07, 6.45) is 0.901. The Bertz CT molecular complexity index is 391. The van der Waals surface area contributed by atoms with Crippen LogP contribution in [0.3, 0.4) is 0 Å². The van der Waals surface area contributed by atoms with Gasteiger partial charge in [0.25, 0.3) is 5.91 Å². The van der Waals surface area contributed by atoms with Crippen LogP contribution >= 0.6 is 12.4 Å². The average Bonchev–Trinajstić information content (AvgIpc) is 2.25. The number of rotatable bonds is 3. The van der Waals surface area contributed by atoms with Crippen LogP contribution in [0.25, 0.3) is 0 Å². The molecule has 1 aromatic rings. The number of halogens is 1. The highest BCUT2D eigenvalue weighted by Gasteiger charge is 2.26. The van der Waals surface area contributed by atoms with Crippen LogP contribution in [0.15, 0.2) is 24.3 Å². The number of hydrogen-bond acceptors (Lipinski definition) is 2. The number of carbonyl (C=O) groups is 1. The molecule has 3 nitrogen and oxygen atoms in total. The average molecular weight is 255 g/mol. The zero-order chi connectivity index (χ0) is 11.5. The molecule has 1 aromatic carbocycles. The third-order valence-corrected chi connectivity index (χ3v) is 3.26. The zero-order valence-electron chi connectivity index (χ0n) is 10.3. The number of nitrogens with zero attached hydrogens (tertiary/aromatic N) is 1. The molecule has 0 unspecified atom stereocenters. The van der Waals surface area contributed by atoms with E-state index in [4.69, 9.17) is 0 Å². The van der Waals surface area contributed by atoms with Crippen molar-refractivity contribution in [1.29, 1.82) is 0 Å². The van der Waals surface area contributed by atoms with Crippen LogP contribution in [0.2, 0.25) is 0 Å². The highest BCUT2D eigenvalue weighted by Crippen LogP contribution is 2.14. The van der Waals surface area contributed by atoms with Crippen LogP contribution in [0.4, 0.5) is 0 Å². The Morgan fingerprint density at radius 1 is 1.41 bits per heavy atom. The molecule has 2 rings (SSSR count). The summed E-state index contributed by atoms with van der Waals surface area (Å²) in [5.41, 5.74) is 1.98. The van der Waals surface area contributed by atoms with E-state index < -0.39 is 0 Å². The van der Waals surface area contributed by atoms with E-state index in [1.165, 1.54) is 0 Å². The van der Waals surface area contributed by atoms with Crippen LogP contribution < -0.4 is 5.32 Å². The predicted octanol–water partition coefficient (Wildman–Crippen LogP) is 1.71. The van der Waals surface area contributed by atoms with E-state index in [-0.39, 0.29) is 18.3 Å². The minimum atomic E-state index is 0. The van der Waals surface area contributed by atoms with Crippen LogP contribution in [0, 0.1) is 0 Å². The van der Waals surface area contributed by atoms with Gasteiger partial charge < -0.3 is 10.2 Å². The van der Waals surface area contributed by atoms with Gasteiger partial charge in [0.15, 0.2) is 0 Å². The molecular formula is C13H19ClN2O. The second kappa shape index (κ2) is 6.03. The molecule has 17 heavy (non-hydrogen) atoms. The lowest BCUT2D eigenvalue weighted by atomic mass is 10.0. The molecule has 1 heterocycles. The predicted molar refractivity (Wildman–Crippen MR) is 71.8 cm³/mol. The van der Waals surface area contributed by atoms with Crippen molar-refractivity contribution in [3.8, 4) is 0 Å². The lowest BCUT2D eigenvalue weighted by Gasteiger charge is -2.35. The number of benzene rings is 1. The second-order valence-electron chi connectivity index (χ2n) is 4.24. The molecule has 0 bridgehead atoms. The summed E-state index contributed by atoms with van der Waals surface area (Å²) in [7, 11) is 1.89. The molecule has 1 fully saturated rings. The van der Waals surface area contributed by atoms with Gasteiger partial charge in [0.05, 0.1) is 6.04 Å². The maximum Gasteiger partial charge on any atom is 0.254 e. The molecule has 1 amide bonds. The standard InChI is InChI=1S/C13H18N2O.ClH/c1-3-10-6-4-5-7-12(10)13(16)15(2)11-8-14-9-11;/h4-7,11,14H,3,8-9H2,1-2H3;1H. The van der Waals surface area contributed by atoms with Gasteiger partial charge in [-0.25, -0.2) is 0 Å². The van der Waals surface area contributed by atoms with Crippen LogP contribution in [0.1, 0.15) is 22.8 Å². The molecule has 0 aromatic heterocycles. The van der Waals surface area contributed by atoms with E-state index in [0.717, 1.165) is 30.6 Å². The van der Waals surface area contributed by atoms with Gasteiger partial charge in [-0.05, 0) is 18.1 Å². The van der Waals surface area contributed by atoms with Crippen LogP contribution in [-0.4, -0.2) is 37.0 Å². The van der Waals surface area contributed by atoms with Crippen LogP contribution in [0.5, 0.6) is 0 Å². The first-order valence-electron chi connectivity index (χ1n) is 5.79. The Morgan fingerprint density at radius 3 is 2.59 bits per heavy atom. The van der Waals surface area contributed by atoms with Gasteiger partial charge in [-0.1, -0.05) is 25.1 Å². The van der Waals surface area contributed by atoms with Crippen molar-refractivity contribution in [3.05, 3.63) is 35.4 Å². The Balaban J connectivity index is 0.00000144. The number of hydrogen-bond donors (Lipinski definition) is 1. The van der Waals surface area contributed by atoms with Gasteiger partial charge in [-0.3, -0.25) is 4.79 Å². The first-order valence-corrected chi connectivity index (χ1v) is 5.79. The quantitative estimate of drug-likeness (QED) is 0.891. The van der Waals surface area contributed by atoms with Gasteiger partial charge in [0, 0.05) is 25.7 Å². The fourth-order valence-electron chi connectivity index (χ4n) is 1.94. The molecule has 94 valence electrons. The lowest BCUT2D eigenvalue weighted by Crippen LogP contribution is -2.57.